The summed E-state index contributed by atoms with van der Waals surface area (Å²) in [7, 11) is -2.00. The average molecular weight is 1850 g/mol. The number of sulfone groups is 1. The second-order valence-electron chi connectivity index (χ2n) is 25.3. The summed E-state index contributed by atoms with van der Waals surface area (Å²) in [6.07, 6.45) is 7.10. The Morgan fingerprint density at radius 3 is 1.49 bits per heavy atom. The van der Waals surface area contributed by atoms with E-state index in [9.17, 15) is 56.8 Å². The van der Waals surface area contributed by atoms with Crippen LogP contribution in [0.2, 0.25) is 4.34 Å². The highest BCUT2D eigenvalue weighted by Crippen LogP contribution is 2.37. The Balaban J connectivity index is 0.00000127. The minimum atomic E-state index is -3.30. The maximum absolute atomic E-state index is 12.8. The third kappa shape index (κ3) is 41.6. The largest absolute Gasteiger partial charge is 0.466 e. The Kier molecular flexibility index (Phi) is 49.4. The van der Waals surface area contributed by atoms with Gasteiger partial charge in [-0.25, -0.2) is 52.7 Å². The van der Waals surface area contributed by atoms with Crippen LogP contribution in [0.4, 0.5) is 30.5 Å². The molecule has 11 aromatic heterocycles. The van der Waals surface area contributed by atoms with Crippen LogP contribution in [-0.2, 0) is 75.2 Å². The Labute approximate surface area is 721 Å². The van der Waals surface area contributed by atoms with Crippen LogP contribution in [0, 0.1) is 65.7 Å². The first-order chi connectivity index (χ1) is 53.8. The number of thiophene rings is 2. The summed E-state index contributed by atoms with van der Waals surface area (Å²) in [5.74, 6) is -0.151. The average Bonchev–Trinajstić information content (AvgIpc) is 1.65. The number of rotatable bonds is 17. The molecule has 117 heavy (non-hydrogen) atoms. The molecule has 0 atom stereocenters. The summed E-state index contributed by atoms with van der Waals surface area (Å²) in [4.78, 5) is 71.7. The third-order valence-corrected chi connectivity index (χ3v) is 22.4. The fourth-order valence-electron chi connectivity index (χ4n) is 8.20. The van der Waals surface area contributed by atoms with Crippen molar-refractivity contribution in [2.24, 2.45) is 0 Å². The van der Waals surface area contributed by atoms with Gasteiger partial charge < -0.3 is 81.5 Å². The van der Waals surface area contributed by atoms with Gasteiger partial charge in [0, 0.05) is 78.7 Å². The number of thiazole rings is 6. The Hall–Kier alpha value is -7.83. The quantitative estimate of drug-likeness (QED) is 0.0299. The number of esters is 4. The predicted octanol–water partition coefficient (Wildman–Crippen LogP) is 14.8. The smallest absolute Gasteiger partial charge is 0.361 e. The molecule has 0 aliphatic carbocycles. The number of nitrogens with zero attached hydrogens (tertiary/aromatic N) is 9. The van der Waals surface area contributed by atoms with E-state index in [-0.39, 0.29) is 83.7 Å². The van der Waals surface area contributed by atoms with E-state index in [1.165, 1.54) is 58.5 Å². The molecule has 0 bridgehead atoms. The van der Waals surface area contributed by atoms with Gasteiger partial charge in [-0.1, -0.05) is 46.9 Å². The highest BCUT2D eigenvalue weighted by molar-refractivity contribution is 7.91. The normalized spacial score (nSPS) is 10.7. The molecular weight excluding hydrogens is 1740 g/mol. The number of aryl methyl sites for hydroxylation is 8. The molecule has 44 heteroatoms. The predicted molar refractivity (Wildman–Crippen MR) is 463 cm³/mol. The molecule has 11 heterocycles. The molecule has 0 aliphatic heterocycles. The lowest BCUT2D eigenvalue weighted by Crippen LogP contribution is -2.16. The van der Waals surface area contributed by atoms with Crippen molar-refractivity contribution >= 4 is 169 Å². The summed E-state index contributed by atoms with van der Waals surface area (Å²) < 4.78 is 80.3. The van der Waals surface area contributed by atoms with Crippen molar-refractivity contribution in [1.82, 2.24) is 44.4 Å². The molecule has 0 unspecified atom stereocenters. The van der Waals surface area contributed by atoms with E-state index >= 15 is 0 Å². The molecule has 652 valence electrons. The van der Waals surface area contributed by atoms with Gasteiger partial charge in [-0.2, -0.15) is 24.5 Å². The number of hydrogen-bond acceptors (Lipinski definition) is 40. The van der Waals surface area contributed by atoms with Crippen molar-refractivity contribution in [2.75, 3.05) is 69.3 Å². The number of methoxy groups -OCH3 is 1. The molecule has 0 spiro atoms. The van der Waals surface area contributed by atoms with Gasteiger partial charge in [0.1, 0.15) is 20.0 Å². The molecule has 0 saturated heterocycles. The maximum Gasteiger partial charge on any atom is 0.361 e. The Morgan fingerprint density at radius 2 is 1.16 bits per heavy atom. The van der Waals surface area contributed by atoms with Crippen molar-refractivity contribution in [3.8, 4) is 0 Å². The van der Waals surface area contributed by atoms with E-state index in [4.69, 9.17) is 58.6 Å². The molecule has 14 N–H and O–H groups in total. The van der Waals surface area contributed by atoms with Gasteiger partial charge in [0.15, 0.2) is 43.1 Å². The molecule has 0 radical (unpaired) electrons. The zero-order chi connectivity index (χ0) is 88.8. The zero-order valence-electron chi connectivity index (χ0n) is 68.0. The van der Waals surface area contributed by atoms with Crippen molar-refractivity contribution in [2.45, 2.75) is 186 Å². The zero-order valence-corrected chi connectivity index (χ0v) is 76.9. The lowest BCUT2D eigenvalue weighted by Gasteiger charge is -2.16. The number of aliphatic hydroxyl groups is 6. The fourth-order valence-corrected chi connectivity index (χ4v) is 16.1. The molecule has 0 fully saturated rings. The Morgan fingerprint density at radius 1 is 0.598 bits per heavy atom. The number of halogens is 3. The highest BCUT2D eigenvalue weighted by atomic mass is 35.5. The number of hydrogen-bond donors (Lipinski definition) is 10. The highest BCUT2D eigenvalue weighted by Gasteiger charge is 2.27. The number of carbonyl (C=O) groups is 4. The minimum Gasteiger partial charge on any atom is -0.466 e. The van der Waals surface area contributed by atoms with Crippen molar-refractivity contribution in [3.63, 3.8) is 0 Å². The molecular formula is C73H106ClF2N13O18S10. The van der Waals surface area contributed by atoms with Crippen LogP contribution in [0.15, 0.2) is 64.7 Å². The summed E-state index contributed by atoms with van der Waals surface area (Å²) in [5.41, 5.74) is 24.0. The van der Waals surface area contributed by atoms with Gasteiger partial charge in [-0.05, 0) is 158 Å². The van der Waals surface area contributed by atoms with Gasteiger partial charge in [-0.3, -0.25) is 9.78 Å². The number of aromatic nitrogens is 9. The lowest BCUT2D eigenvalue weighted by molar-refractivity contribution is -0.142. The lowest BCUT2D eigenvalue weighted by atomic mass is 9.99. The number of aliphatic hydroxyl groups excluding tert-OH is 2. The maximum atomic E-state index is 12.8. The van der Waals surface area contributed by atoms with Crippen LogP contribution in [0.25, 0.3) is 0 Å². The number of anilines is 4. The van der Waals surface area contributed by atoms with E-state index < -0.39 is 49.3 Å². The van der Waals surface area contributed by atoms with Crippen LogP contribution in [0.3, 0.4) is 0 Å². The SMILES string of the molecule is C.CC(C)(O)c1cnoc1N.CC(C)(O)c1cnsc1N.CC(C)(O)c1scc(S(C)(=O)=O)c1N.CCOC(=O)Cc1csc(C)n1.CCOC(=O)c1csc(C)n1.CCOC(=O)c1nc(N)sc1F.COC(=O)c1nc(C)sc1Cl.Cc1cscc1C(C)(C)O.Cc1nc(CCO)c(C)o1.Cc1nc(CCO)c(F)s1.Cc1nccs1. The fraction of sp³-hybridized carbons (Fsp3) is 0.466. The number of nitrogen functional groups attached to an aromatic ring is 4. The van der Waals surface area contributed by atoms with E-state index in [0.29, 0.717) is 85.0 Å². The van der Waals surface area contributed by atoms with Gasteiger partial charge in [0.25, 0.3) is 0 Å². The molecule has 0 amide bonds. The second kappa shape index (κ2) is 53.0. The van der Waals surface area contributed by atoms with Crippen LogP contribution in [0.1, 0.15) is 196 Å². The first kappa shape index (κ1) is 109. The number of ether oxygens (including phenoxy) is 4. The molecule has 0 saturated carbocycles. The van der Waals surface area contributed by atoms with E-state index in [1.807, 2.05) is 70.0 Å². The number of nitrogens with two attached hydrogens (primary N) is 4. The van der Waals surface area contributed by atoms with Gasteiger partial charge >= 0.3 is 23.9 Å². The van der Waals surface area contributed by atoms with E-state index in [2.05, 4.69) is 58.4 Å². The summed E-state index contributed by atoms with van der Waals surface area (Å²) in [6.45, 7) is 34.6. The third-order valence-electron chi connectivity index (χ3n) is 13.3. The van der Waals surface area contributed by atoms with Gasteiger partial charge in [-0.15, -0.1) is 56.7 Å². The summed E-state index contributed by atoms with van der Waals surface area (Å²) in [6, 6.07) is 0. The first-order valence-electron chi connectivity index (χ1n) is 34.3. The molecule has 11 rings (SSSR count). The Bertz CT molecular complexity index is 4660. The molecule has 31 nitrogen and oxygen atoms in total. The molecule has 0 aromatic carbocycles. The molecule has 0 aliphatic rings. The van der Waals surface area contributed by atoms with Crippen LogP contribution in [-0.4, -0.2) is 154 Å². The summed E-state index contributed by atoms with van der Waals surface area (Å²) >= 11 is 17.2. The van der Waals surface area contributed by atoms with Crippen LogP contribution < -0.4 is 22.9 Å². The standard InChI is InChI=1S/C8H13NO3S2.C8H11NO2S.C8H12OS.C7H9NO2S.C7H11NO2.C6H6ClNO2S.C6H7FN2O2S.C6H8FNOS.C6H10N2O2.C6H10N2OS.C4H5NS.CH4/c1-8(2,10)7-6(9)5(4-13-7)14(3,11)12;1-3-11-8(10)4-7-5-12-6(2)9-7;1-6-4-10-5-7(6)8(2,3)9;1-3-10-7(9)6-4-11-5(2)8-6;1-5-7(3-4-9)8-6(2)10-5;1-3-8-4(5(7)11-3)6(9)10-2;1-2-11-5(10)3-4(7)12-6(8)9-3;1-4-8-5(2-3-9)6(7)10-4;2*1-6(2,9)4-3-8-10-5(4)7;1-4-5-2-3-6-4;/h4,10H,9H2,1-3H3;5H,3-4H2,1-2H3;4-5,9H,1-3H3;4H,3H2,1-2H3;9H,3-4H2,1-2H3;1-2H3;2H2,1H3,(H2,8,9);9H,2-3H2,1H3;2*3,9H,7H2,1-2H3;2-3H,1H3;1H4. The van der Waals surface area contributed by atoms with Crippen LogP contribution >= 0.6 is 114 Å². The van der Waals surface area contributed by atoms with Crippen LogP contribution in [0.5, 0.6) is 0 Å². The first-order valence-corrected chi connectivity index (χ1v) is 44.3. The van der Waals surface area contributed by atoms with Crippen molar-refractivity contribution in [3.05, 3.63) is 163 Å². The monoisotopic (exact) mass is 1850 g/mol. The number of oxazole rings is 1. The van der Waals surface area contributed by atoms with Crippen molar-refractivity contribution < 1.29 is 94.9 Å². The van der Waals surface area contributed by atoms with Crippen molar-refractivity contribution in [1.29, 1.82) is 0 Å². The summed E-state index contributed by atoms with van der Waals surface area (Å²) in [5, 5.41) is 73.7. The van der Waals surface area contributed by atoms with Gasteiger partial charge in [0.2, 0.25) is 11.0 Å². The molecule has 11 aromatic rings. The minimum absolute atomic E-state index is 0. The van der Waals surface area contributed by atoms with E-state index in [0.717, 1.165) is 71.7 Å². The van der Waals surface area contributed by atoms with E-state index in [1.54, 1.807) is 135 Å². The number of carbonyl (C=O) groups excluding carboxylic acids is 4. The second-order valence-corrected chi connectivity index (χ2v) is 36.9. The topological polar surface area (TPSA) is 507 Å². The van der Waals surface area contributed by atoms with Gasteiger partial charge in [0.05, 0.1) is 120 Å².